The van der Waals surface area contributed by atoms with Crippen LogP contribution in [0.1, 0.15) is 65.8 Å². The number of guanidine groups is 1. The lowest BCUT2D eigenvalue weighted by atomic mass is 10.0. The van der Waals surface area contributed by atoms with Crippen LogP contribution in [-0.2, 0) is 0 Å². The van der Waals surface area contributed by atoms with Crippen LogP contribution in [-0.4, -0.2) is 79.3 Å². The molecular weight excluding hydrogens is 814 g/mol. The number of aliphatic imine (C=N–C) groups is 1. The Balaban J connectivity index is 0.000000182. The van der Waals surface area contributed by atoms with Crippen LogP contribution in [0.2, 0.25) is 5.02 Å². The van der Waals surface area contributed by atoms with Gasteiger partial charge in [-0.05, 0) is 107 Å². The number of nitrogen functional groups attached to an aromatic ring is 1. The minimum atomic E-state index is -0.523. The maximum absolute atomic E-state index is 10.3. The summed E-state index contributed by atoms with van der Waals surface area (Å²) in [4.78, 5) is 31.3. The highest BCUT2D eigenvalue weighted by molar-refractivity contribution is 7.99. The SMILES string of the molecule is Cc1ccc(Sc2cccc3nc(C)nc(N)c23)cc1.Cc1ccnc(NC2CCN(CC(O)COc3ccc(Cl)c(C)c3)CC2)n1.Cc1sc(N=C(N)N)nc1C(C)C. The number of hydrogen-bond acceptors (Lipinski definition) is 13. The summed E-state index contributed by atoms with van der Waals surface area (Å²) in [6.45, 7) is 16.8. The second-order valence-corrected chi connectivity index (χ2v) is 17.7. The van der Waals surface area contributed by atoms with E-state index in [9.17, 15) is 5.11 Å². The molecule has 8 N–H and O–H groups in total. The number of anilines is 2. The zero-order chi connectivity index (χ0) is 43.3. The Bertz CT molecular complexity index is 2350. The highest BCUT2D eigenvalue weighted by Crippen LogP contribution is 2.35. The molecular formula is C44H56ClN11O2S2. The van der Waals surface area contributed by atoms with Crippen LogP contribution in [0.25, 0.3) is 10.9 Å². The van der Waals surface area contributed by atoms with Crippen molar-refractivity contribution in [3.05, 3.63) is 111 Å². The van der Waals surface area contributed by atoms with Gasteiger partial charge in [0.25, 0.3) is 0 Å². The van der Waals surface area contributed by atoms with Crippen molar-refractivity contribution in [2.45, 2.75) is 89.2 Å². The Hall–Kier alpha value is -5.06. The molecule has 0 aliphatic carbocycles. The standard InChI is InChI=1S/C20H27ClN4O2.C16H15N3S.C8H14N4S/c1-14-11-18(3-4-19(14)21)27-13-17(26)12-25-9-6-16(7-10-25)24-20-22-8-5-15(2)23-20;1-10-6-8-12(9-7-10)20-14-5-3-4-13-15(14)16(17)19-11(2)18-13;1-4(2)6-5(3)13-8(11-6)12-7(9)10/h3-5,8,11,16-17,26H,6-7,9-10,12-13H2,1-2H3,(H,22,23,24);3-9H,1-2H3,(H2,17,18,19);4H,1-3H3,(H4,9,10,11,12). The number of aromatic nitrogens is 5. The molecule has 13 nitrogen and oxygen atoms in total. The quantitative estimate of drug-likeness (QED) is 0.0614. The monoisotopic (exact) mass is 869 g/mol. The van der Waals surface area contributed by atoms with Crippen molar-refractivity contribution in [3.63, 3.8) is 0 Å². The van der Waals surface area contributed by atoms with Gasteiger partial charge >= 0.3 is 0 Å². The van der Waals surface area contributed by atoms with Gasteiger partial charge in [0.1, 0.15) is 30.1 Å². The molecule has 0 bridgehead atoms. The Labute approximate surface area is 366 Å². The van der Waals surface area contributed by atoms with Crippen LogP contribution in [0, 0.1) is 34.6 Å². The number of thiazole rings is 1. The molecule has 4 heterocycles. The molecule has 318 valence electrons. The number of β-amino-alcohol motifs (C(OH)–C–C–N with tert-alkyl or cyclic N) is 1. The highest BCUT2D eigenvalue weighted by Gasteiger charge is 2.22. The van der Waals surface area contributed by atoms with E-state index in [-0.39, 0.29) is 12.6 Å². The van der Waals surface area contributed by atoms with E-state index in [1.54, 1.807) is 18.0 Å². The number of likely N-dealkylation sites (tertiary alicyclic amines) is 1. The van der Waals surface area contributed by atoms with Gasteiger partial charge < -0.3 is 37.3 Å². The van der Waals surface area contributed by atoms with Gasteiger partial charge in [-0.3, -0.25) is 0 Å². The van der Waals surface area contributed by atoms with Crippen LogP contribution in [0.15, 0.2) is 87.7 Å². The Kier molecular flexibility index (Phi) is 16.9. The first-order valence-corrected chi connectivity index (χ1v) is 21.8. The second-order valence-electron chi connectivity index (χ2n) is 15.0. The maximum atomic E-state index is 10.3. The van der Waals surface area contributed by atoms with E-state index in [1.165, 1.54) is 26.7 Å². The summed E-state index contributed by atoms with van der Waals surface area (Å²) in [5.74, 6) is 3.15. The van der Waals surface area contributed by atoms with E-state index in [2.05, 4.69) is 91.2 Å². The zero-order valence-corrected chi connectivity index (χ0v) is 37.7. The van der Waals surface area contributed by atoms with Crippen molar-refractivity contribution in [3.8, 4) is 5.75 Å². The average Bonchev–Trinajstić information content (AvgIpc) is 3.56. The summed E-state index contributed by atoms with van der Waals surface area (Å²) >= 11 is 9.22. The predicted molar refractivity (Wildman–Crippen MR) is 248 cm³/mol. The van der Waals surface area contributed by atoms with Crippen molar-refractivity contribution in [1.29, 1.82) is 0 Å². The third kappa shape index (κ3) is 14.0. The first-order valence-electron chi connectivity index (χ1n) is 19.8. The van der Waals surface area contributed by atoms with E-state index in [4.69, 9.17) is 33.5 Å². The largest absolute Gasteiger partial charge is 0.491 e. The third-order valence-electron chi connectivity index (χ3n) is 9.42. The Morgan fingerprint density at radius 3 is 2.37 bits per heavy atom. The van der Waals surface area contributed by atoms with Gasteiger partial charge in [0.2, 0.25) is 11.1 Å². The average molecular weight is 871 g/mol. The summed E-state index contributed by atoms with van der Waals surface area (Å²) in [6, 6.07) is 22.3. The van der Waals surface area contributed by atoms with Gasteiger partial charge in [0, 0.05) is 57.3 Å². The Morgan fingerprint density at radius 1 is 0.983 bits per heavy atom. The molecule has 1 aliphatic rings. The van der Waals surface area contributed by atoms with Gasteiger partial charge in [-0.15, -0.1) is 0 Å². The van der Waals surface area contributed by atoms with Crippen molar-refractivity contribution < 1.29 is 9.84 Å². The molecule has 3 aromatic heterocycles. The van der Waals surface area contributed by atoms with Gasteiger partial charge in [-0.25, -0.2) is 24.9 Å². The van der Waals surface area contributed by atoms with Crippen molar-refractivity contribution >= 4 is 68.5 Å². The lowest BCUT2D eigenvalue weighted by Gasteiger charge is -2.33. The number of aliphatic hydroxyl groups is 1. The fourth-order valence-electron chi connectivity index (χ4n) is 6.42. The molecule has 1 fully saturated rings. The minimum absolute atomic E-state index is 0.0593. The molecule has 3 aromatic carbocycles. The van der Waals surface area contributed by atoms with E-state index >= 15 is 0 Å². The number of ether oxygens (including phenoxy) is 1. The number of nitrogens with one attached hydrogen (secondary N) is 1. The zero-order valence-electron chi connectivity index (χ0n) is 35.3. The number of nitrogens with two attached hydrogens (primary N) is 3. The second kappa shape index (κ2) is 22.0. The number of hydrogen-bond donors (Lipinski definition) is 5. The van der Waals surface area contributed by atoms with Crippen molar-refractivity contribution in [1.82, 2.24) is 29.8 Å². The van der Waals surface area contributed by atoms with Crippen LogP contribution in [0.3, 0.4) is 0 Å². The number of piperidine rings is 1. The van der Waals surface area contributed by atoms with Gasteiger partial charge in [0.05, 0.1) is 16.6 Å². The fraction of sp³-hybridized carbons (Fsp3) is 0.364. The maximum Gasteiger partial charge on any atom is 0.223 e. The first kappa shape index (κ1) is 46.0. The number of aryl methyl sites for hydroxylation is 5. The number of fused-ring (bicyclic) bond motifs is 1. The number of benzene rings is 3. The number of rotatable bonds is 11. The summed E-state index contributed by atoms with van der Waals surface area (Å²) in [7, 11) is 0. The van der Waals surface area contributed by atoms with E-state index < -0.39 is 6.10 Å². The lowest BCUT2D eigenvalue weighted by molar-refractivity contribution is 0.0604. The van der Waals surface area contributed by atoms with Crippen LogP contribution in [0.5, 0.6) is 5.75 Å². The van der Waals surface area contributed by atoms with Crippen LogP contribution >= 0.6 is 34.7 Å². The highest BCUT2D eigenvalue weighted by atomic mass is 35.5. The van der Waals surface area contributed by atoms with Crippen molar-refractivity contribution in [2.24, 2.45) is 16.5 Å². The molecule has 0 saturated carbocycles. The van der Waals surface area contributed by atoms with Gasteiger partial charge in [0.15, 0.2) is 5.96 Å². The molecule has 0 spiro atoms. The topological polar surface area (TPSA) is 200 Å². The molecule has 7 rings (SSSR count). The van der Waals surface area contributed by atoms with Crippen molar-refractivity contribution in [2.75, 3.05) is 37.3 Å². The number of halogens is 1. The minimum Gasteiger partial charge on any atom is -0.491 e. The smallest absolute Gasteiger partial charge is 0.223 e. The predicted octanol–water partition coefficient (Wildman–Crippen LogP) is 8.52. The molecule has 1 unspecified atom stereocenters. The van der Waals surface area contributed by atoms with E-state index in [1.807, 2.05) is 64.1 Å². The molecule has 6 aromatic rings. The molecule has 0 amide bonds. The lowest BCUT2D eigenvalue weighted by Crippen LogP contribution is -2.43. The number of nitrogens with zero attached hydrogens (tertiary/aromatic N) is 7. The molecule has 1 atom stereocenters. The molecule has 16 heteroatoms. The molecule has 1 saturated heterocycles. The molecule has 60 heavy (non-hydrogen) atoms. The van der Waals surface area contributed by atoms with E-state index in [0.717, 1.165) is 69.5 Å². The molecule has 1 aliphatic heterocycles. The van der Waals surface area contributed by atoms with Crippen LogP contribution in [0.4, 0.5) is 16.9 Å². The summed E-state index contributed by atoms with van der Waals surface area (Å²) in [5, 5.41) is 16.0. The van der Waals surface area contributed by atoms with Gasteiger partial charge in [-0.1, -0.05) is 72.3 Å². The third-order valence-corrected chi connectivity index (χ3v) is 11.8. The normalized spacial score (nSPS) is 13.5. The van der Waals surface area contributed by atoms with Crippen LogP contribution < -0.4 is 27.3 Å². The number of aliphatic hydroxyl groups excluding tert-OH is 1. The van der Waals surface area contributed by atoms with E-state index in [0.29, 0.717) is 41.2 Å². The summed E-state index contributed by atoms with van der Waals surface area (Å²) < 4.78 is 5.69. The first-order chi connectivity index (χ1) is 28.6. The Morgan fingerprint density at radius 2 is 1.72 bits per heavy atom. The van der Waals surface area contributed by atoms with Gasteiger partial charge in [-0.2, -0.15) is 4.99 Å². The fourth-order valence-corrected chi connectivity index (χ4v) is 8.47. The summed E-state index contributed by atoms with van der Waals surface area (Å²) in [5.41, 5.74) is 21.7. The summed E-state index contributed by atoms with van der Waals surface area (Å²) in [6.07, 6.45) is 3.26. The molecule has 0 radical (unpaired) electrons.